The van der Waals surface area contributed by atoms with Crippen LogP contribution in [0.2, 0.25) is 0 Å². The molecule has 9 nitrogen and oxygen atoms in total. The van der Waals surface area contributed by atoms with Crippen LogP contribution in [0.4, 0.5) is 0 Å². The van der Waals surface area contributed by atoms with Crippen molar-refractivity contribution in [1.82, 2.24) is 24.6 Å². The number of hydrogen-bond donors (Lipinski definition) is 1. The molecule has 2 saturated heterocycles. The fourth-order valence-electron chi connectivity index (χ4n) is 3.78. The van der Waals surface area contributed by atoms with E-state index in [0.717, 1.165) is 44.6 Å². The molecule has 0 radical (unpaired) electrons. The zero-order valence-corrected chi connectivity index (χ0v) is 18.4. The summed E-state index contributed by atoms with van der Waals surface area (Å²) in [4.78, 5) is 9.44. The van der Waals surface area contributed by atoms with Crippen molar-refractivity contribution < 1.29 is 12.9 Å². The van der Waals surface area contributed by atoms with E-state index >= 15 is 0 Å². The van der Waals surface area contributed by atoms with Gasteiger partial charge in [0.1, 0.15) is 12.0 Å². The highest BCUT2D eigenvalue weighted by atomic mass is 32.2. The first-order valence-electron chi connectivity index (χ1n) is 10.6. The predicted molar refractivity (Wildman–Crippen MR) is 113 cm³/mol. The van der Waals surface area contributed by atoms with Gasteiger partial charge in [0.05, 0.1) is 12.2 Å². The number of aromatic nitrogens is 1. The van der Waals surface area contributed by atoms with Gasteiger partial charge in [0.25, 0.3) is 0 Å². The molecule has 2 aliphatic heterocycles. The Hall–Kier alpha value is -1.65. The lowest BCUT2D eigenvalue weighted by Gasteiger charge is -2.36. The molecule has 2 fully saturated rings. The summed E-state index contributed by atoms with van der Waals surface area (Å²) in [6, 6.07) is 1.59. The van der Waals surface area contributed by atoms with Gasteiger partial charge < -0.3 is 19.6 Å². The fraction of sp³-hybridized carbons (Fsp3) is 0.789. The van der Waals surface area contributed by atoms with Gasteiger partial charge in [-0.15, -0.1) is 0 Å². The van der Waals surface area contributed by atoms with E-state index in [1.807, 2.05) is 0 Å². The minimum Gasteiger partial charge on any atom is -0.364 e. The molecule has 1 N–H and O–H groups in total. The van der Waals surface area contributed by atoms with Crippen molar-refractivity contribution >= 4 is 16.0 Å². The number of hydrogen-bond acceptors (Lipinski definition) is 6. The molecule has 29 heavy (non-hydrogen) atoms. The number of rotatable bonds is 7. The number of piperidine rings is 1. The first kappa shape index (κ1) is 22.0. The van der Waals surface area contributed by atoms with Crippen molar-refractivity contribution in [3.8, 4) is 0 Å². The summed E-state index contributed by atoms with van der Waals surface area (Å²) in [7, 11) is -3.39. The average molecular weight is 427 g/mol. The van der Waals surface area contributed by atoms with Gasteiger partial charge in [-0.1, -0.05) is 12.1 Å². The highest BCUT2D eigenvalue weighted by Gasteiger charge is 2.29. The van der Waals surface area contributed by atoms with Crippen LogP contribution in [0.5, 0.6) is 0 Å². The Morgan fingerprint density at radius 1 is 1.24 bits per heavy atom. The van der Waals surface area contributed by atoms with Crippen molar-refractivity contribution in [2.45, 2.75) is 32.4 Å². The zero-order valence-electron chi connectivity index (χ0n) is 17.6. The maximum atomic E-state index is 12.6. The van der Waals surface area contributed by atoms with Crippen LogP contribution in [0.1, 0.15) is 32.4 Å². The quantitative estimate of drug-likeness (QED) is 0.509. The normalized spacial score (nSPS) is 20.9. The second-order valence-electron chi connectivity index (χ2n) is 7.89. The van der Waals surface area contributed by atoms with Crippen molar-refractivity contribution in [2.75, 3.05) is 58.9 Å². The Labute approximate surface area is 174 Å². The maximum Gasteiger partial charge on any atom is 0.220 e. The van der Waals surface area contributed by atoms with E-state index in [4.69, 9.17) is 9.52 Å². The topological polar surface area (TPSA) is 94.3 Å². The Kier molecular flexibility index (Phi) is 7.91. The monoisotopic (exact) mass is 426 g/mol. The van der Waals surface area contributed by atoms with Crippen LogP contribution in [-0.2, 0) is 15.8 Å². The van der Waals surface area contributed by atoms with E-state index < -0.39 is 10.0 Å². The molecule has 2 aliphatic rings. The molecular weight excluding hydrogens is 392 g/mol. The molecule has 0 amide bonds. The standard InChI is InChI=1S/C19H34N6O3S/c1-3-20-19(21-7-10-23-8-4-17(2)5-9-23)24-11-13-25(14-12-24)29(26,27)16-18-6-15-28-22-18/h6,15,17H,3-5,7-14,16H2,1-2H3,(H,20,21). The van der Waals surface area contributed by atoms with Crippen molar-refractivity contribution in [3.05, 3.63) is 18.0 Å². The summed E-state index contributed by atoms with van der Waals surface area (Å²) in [6.07, 6.45) is 3.94. The van der Waals surface area contributed by atoms with E-state index in [-0.39, 0.29) is 5.75 Å². The SMILES string of the molecule is CCNC(=NCCN1CCC(C)CC1)N1CCN(S(=O)(=O)Cc2ccon2)CC1. The molecule has 3 rings (SSSR count). The maximum absolute atomic E-state index is 12.6. The van der Waals surface area contributed by atoms with Crippen LogP contribution in [-0.4, -0.2) is 92.5 Å². The number of piperazine rings is 1. The summed E-state index contributed by atoms with van der Waals surface area (Å²) in [5.41, 5.74) is 0.439. The van der Waals surface area contributed by atoms with Crippen LogP contribution in [0.15, 0.2) is 21.8 Å². The molecule has 164 valence electrons. The van der Waals surface area contributed by atoms with E-state index in [1.54, 1.807) is 6.07 Å². The first-order chi connectivity index (χ1) is 14.0. The van der Waals surface area contributed by atoms with Crippen LogP contribution < -0.4 is 5.32 Å². The third-order valence-corrected chi connectivity index (χ3v) is 7.45. The lowest BCUT2D eigenvalue weighted by atomic mass is 9.99. The second-order valence-corrected chi connectivity index (χ2v) is 9.86. The van der Waals surface area contributed by atoms with Gasteiger partial charge in [0, 0.05) is 45.3 Å². The number of sulfonamides is 1. The van der Waals surface area contributed by atoms with Gasteiger partial charge in [-0.05, 0) is 38.8 Å². The van der Waals surface area contributed by atoms with Gasteiger partial charge in [0.2, 0.25) is 10.0 Å². The van der Waals surface area contributed by atoms with Gasteiger partial charge >= 0.3 is 0 Å². The van der Waals surface area contributed by atoms with Crippen LogP contribution in [0.25, 0.3) is 0 Å². The van der Waals surface area contributed by atoms with Crippen molar-refractivity contribution in [3.63, 3.8) is 0 Å². The summed E-state index contributed by atoms with van der Waals surface area (Å²) in [5, 5.41) is 7.07. The predicted octanol–water partition coefficient (Wildman–Crippen LogP) is 0.819. The Bertz CT molecular complexity index is 736. The highest BCUT2D eigenvalue weighted by Crippen LogP contribution is 2.16. The van der Waals surface area contributed by atoms with Crippen LogP contribution in [0, 0.1) is 5.92 Å². The van der Waals surface area contributed by atoms with Crippen molar-refractivity contribution in [1.29, 1.82) is 0 Å². The molecule has 0 unspecified atom stereocenters. The van der Waals surface area contributed by atoms with E-state index in [2.05, 4.69) is 34.1 Å². The molecule has 0 saturated carbocycles. The summed E-state index contributed by atoms with van der Waals surface area (Å²) in [5.74, 6) is 1.60. The van der Waals surface area contributed by atoms with Crippen molar-refractivity contribution in [2.24, 2.45) is 10.9 Å². The summed E-state index contributed by atoms with van der Waals surface area (Å²) in [6.45, 7) is 11.4. The van der Waals surface area contributed by atoms with Gasteiger partial charge in [-0.3, -0.25) is 4.99 Å². The Balaban J connectivity index is 1.49. The third-order valence-electron chi connectivity index (χ3n) is 5.64. The molecule has 0 atom stereocenters. The fourth-order valence-corrected chi connectivity index (χ4v) is 5.20. The lowest BCUT2D eigenvalue weighted by molar-refractivity contribution is 0.197. The van der Waals surface area contributed by atoms with E-state index in [9.17, 15) is 8.42 Å². The highest BCUT2D eigenvalue weighted by molar-refractivity contribution is 7.88. The minimum atomic E-state index is -3.39. The first-order valence-corrected chi connectivity index (χ1v) is 12.2. The average Bonchev–Trinajstić information content (AvgIpc) is 3.21. The number of nitrogens with zero attached hydrogens (tertiary/aromatic N) is 5. The molecule has 1 aromatic heterocycles. The van der Waals surface area contributed by atoms with E-state index in [0.29, 0.717) is 31.9 Å². The molecule has 0 spiro atoms. The van der Waals surface area contributed by atoms with Crippen LogP contribution in [0.3, 0.4) is 0 Å². The second kappa shape index (κ2) is 10.4. The number of guanidine groups is 1. The van der Waals surface area contributed by atoms with Gasteiger partial charge in [-0.25, -0.2) is 8.42 Å². The Morgan fingerprint density at radius 2 is 1.97 bits per heavy atom. The molecule has 0 aromatic carbocycles. The number of likely N-dealkylation sites (tertiary alicyclic amines) is 1. The van der Waals surface area contributed by atoms with Gasteiger partial charge in [0.15, 0.2) is 5.96 Å². The molecule has 0 bridgehead atoms. The van der Waals surface area contributed by atoms with Crippen LogP contribution >= 0.6 is 0 Å². The smallest absolute Gasteiger partial charge is 0.220 e. The van der Waals surface area contributed by atoms with E-state index in [1.165, 1.54) is 23.4 Å². The van der Waals surface area contributed by atoms with Gasteiger partial charge in [-0.2, -0.15) is 4.31 Å². The number of aliphatic imine (C=N–C) groups is 1. The third kappa shape index (κ3) is 6.42. The lowest BCUT2D eigenvalue weighted by Crippen LogP contribution is -2.54. The molecule has 3 heterocycles. The largest absolute Gasteiger partial charge is 0.364 e. The molecular formula is C19H34N6O3S. The minimum absolute atomic E-state index is 0.119. The molecule has 1 aromatic rings. The molecule has 10 heteroatoms. The summed E-state index contributed by atoms with van der Waals surface area (Å²) < 4.78 is 31.5. The Morgan fingerprint density at radius 3 is 2.59 bits per heavy atom. The molecule has 0 aliphatic carbocycles. The summed E-state index contributed by atoms with van der Waals surface area (Å²) >= 11 is 0. The zero-order chi connectivity index (χ0) is 20.7. The number of nitrogens with one attached hydrogen (secondary N) is 1.